The minimum absolute atomic E-state index is 0.00840. The molecular weight excluding hydrogens is 395 g/mol. The number of carbonyl (C=O) groups is 2. The van der Waals surface area contributed by atoms with Crippen molar-refractivity contribution in [1.82, 2.24) is 0 Å². The highest BCUT2D eigenvalue weighted by molar-refractivity contribution is 6.30. The van der Waals surface area contributed by atoms with Crippen molar-refractivity contribution in [3.8, 4) is 0 Å². The predicted octanol–water partition coefficient (Wildman–Crippen LogP) is 5.16. The molecule has 150 valence electrons. The molecule has 1 aliphatic heterocycles. The summed E-state index contributed by atoms with van der Waals surface area (Å²) < 4.78 is 13.1. The van der Waals surface area contributed by atoms with Crippen molar-refractivity contribution in [2.75, 3.05) is 5.01 Å². The number of anilines is 1. The first-order valence-electron chi connectivity index (χ1n) is 9.25. The SMILES string of the molecule is CCCC1=NN(c2ccc(Cl)cc2)C(=O)C1CC(=Cc1ccc(F)cc1)C(=O)O. The number of carboxylic acid groups (broad SMARTS) is 1. The van der Waals surface area contributed by atoms with Crippen LogP contribution in [0.25, 0.3) is 6.08 Å². The Balaban J connectivity index is 1.89. The van der Waals surface area contributed by atoms with Crippen molar-refractivity contribution < 1.29 is 19.1 Å². The van der Waals surface area contributed by atoms with E-state index in [1.54, 1.807) is 24.3 Å². The molecule has 0 spiro atoms. The summed E-state index contributed by atoms with van der Waals surface area (Å²) in [5, 5.41) is 16.0. The fourth-order valence-corrected chi connectivity index (χ4v) is 3.30. The molecule has 0 aromatic heterocycles. The lowest BCUT2D eigenvalue weighted by Crippen LogP contribution is -2.28. The monoisotopic (exact) mass is 414 g/mol. The van der Waals surface area contributed by atoms with Gasteiger partial charge in [0.15, 0.2) is 0 Å². The molecular formula is C22H20ClFN2O3. The summed E-state index contributed by atoms with van der Waals surface area (Å²) in [5.41, 5.74) is 1.85. The first-order valence-corrected chi connectivity index (χ1v) is 9.63. The number of benzene rings is 2. The van der Waals surface area contributed by atoms with Crippen LogP contribution in [0.1, 0.15) is 31.7 Å². The second kappa shape index (κ2) is 9.01. The summed E-state index contributed by atoms with van der Waals surface area (Å²) >= 11 is 5.92. The summed E-state index contributed by atoms with van der Waals surface area (Å²) in [4.78, 5) is 24.8. The Morgan fingerprint density at radius 1 is 1.21 bits per heavy atom. The number of rotatable bonds is 7. The molecule has 1 N–H and O–H groups in total. The van der Waals surface area contributed by atoms with Gasteiger partial charge < -0.3 is 5.11 Å². The van der Waals surface area contributed by atoms with Crippen LogP contribution >= 0.6 is 11.6 Å². The Morgan fingerprint density at radius 3 is 2.45 bits per heavy atom. The molecule has 0 saturated carbocycles. The molecule has 0 bridgehead atoms. The molecule has 1 heterocycles. The van der Waals surface area contributed by atoms with Crippen LogP contribution in [0.15, 0.2) is 59.2 Å². The second-order valence-corrected chi connectivity index (χ2v) is 7.19. The van der Waals surface area contributed by atoms with Gasteiger partial charge in [-0.3, -0.25) is 4.79 Å². The zero-order chi connectivity index (χ0) is 21.0. The van der Waals surface area contributed by atoms with Crippen LogP contribution in [-0.4, -0.2) is 22.7 Å². The summed E-state index contributed by atoms with van der Waals surface area (Å²) in [6, 6.07) is 12.2. The van der Waals surface area contributed by atoms with Gasteiger partial charge in [-0.1, -0.05) is 37.1 Å². The lowest BCUT2D eigenvalue weighted by atomic mass is 9.91. The van der Waals surface area contributed by atoms with E-state index in [2.05, 4.69) is 5.10 Å². The Labute approximate surface area is 173 Å². The number of hydrogen-bond acceptors (Lipinski definition) is 3. The number of hydrogen-bond donors (Lipinski definition) is 1. The number of hydrazone groups is 1. The molecule has 1 atom stereocenters. The van der Waals surface area contributed by atoms with E-state index in [9.17, 15) is 19.1 Å². The second-order valence-electron chi connectivity index (χ2n) is 6.75. The number of aliphatic carboxylic acids is 1. The Kier molecular flexibility index (Phi) is 6.44. The predicted molar refractivity (Wildman–Crippen MR) is 111 cm³/mol. The summed E-state index contributed by atoms with van der Waals surface area (Å²) in [7, 11) is 0. The molecule has 29 heavy (non-hydrogen) atoms. The lowest BCUT2D eigenvalue weighted by Gasteiger charge is -2.15. The van der Waals surface area contributed by atoms with Gasteiger partial charge in [-0.15, -0.1) is 0 Å². The highest BCUT2D eigenvalue weighted by atomic mass is 35.5. The van der Waals surface area contributed by atoms with Crippen molar-refractivity contribution >= 4 is 41.0 Å². The van der Waals surface area contributed by atoms with Gasteiger partial charge in [0.2, 0.25) is 0 Å². The Morgan fingerprint density at radius 2 is 1.86 bits per heavy atom. The molecule has 1 unspecified atom stereocenters. The maximum absolute atomic E-state index is 13.1. The van der Waals surface area contributed by atoms with Crippen LogP contribution in [0.2, 0.25) is 5.02 Å². The van der Waals surface area contributed by atoms with Crippen LogP contribution < -0.4 is 5.01 Å². The average Bonchev–Trinajstić information content (AvgIpc) is 2.99. The van der Waals surface area contributed by atoms with Crippen LogP contribution in [0, 0.1) is 11.7 Å². The smallest absolute Gasteiger partial charge is 0.331 e. The third kappa shape index (κ3) is 4.90. The van der Waals surface area contributed by atoms with Crippen molar-refractivity contribution in [2.45, 2.75) is 26.2 Å². The van der Waals surface area contributed by atoms with Gasteiger partial charge in [0.05, 0.1) is 17.3 Å². The highest BCUT2D eigenvalue weighted by Gasteiger charge is 2.37. The first-order chi connectivity index (χ1) is 13.9. The van der Waals surface area contributed by atoms with E-state index >= 15 is 0 Å². The number of carbonyl (C=O) groups excluding carboxylic acids is 1. The third-order valence-corrected chi connectivity index (χ3v) is 4.88. The molecule has 3 rings (SSSR count). The van der Waals surface area contributed by atoms with Crippen molar-refractivity contribution in [2.24, 2.45) is 11.0 Å². The number of nitrogens with zero attached hydrogens (tertiary/aromatic N) is 2. The number of carboxylic acids is 1. The van der Waals surface area contributed by atoms with Crippen LogP contribution in [0.4, 0.5) is 10.1 Å². The van der Waals surface area contributed by atoms with Gasteiger partial charge in [-0.2, -0.15) is 5.10 Å². The zero-order valence-corrected chi connectivity index (χ0v) is 16.6. The zero-order valence-electron chi connectivity index (χ0n) is 15.8. The van der Waals surface area contributed by atoms with Gasteiger partial charge in [0.25, 0.3) is 5.91 Å². The van der Waals surface area contributed by atoms with Gasteiger partial charge >= 0.3 is 5.97 Å². The van der Waals surface area contributed by atoms with E-state index in [4.69, 9.17) is 11.6 Å². The maximum atomic E-state index is 13.1. The summed E-state index contributed by atoms with van der Waals surface area (Å²) in [6.45, 7) is 1.97. The van der Waals surface area contributed by atoms with E-state index in [1.165, 1.54) is 35.4 Å². The van der Waals surface area contributed by atoms with E-state index < -0.39 is 17.7 Å². The molecule has 0 fully saturated rings. The van der Waals surface area contributed by atoms with Crippen molar-refractivity contribution in [3.05, 3.63) is 70.5 Å². The molecule has 0 saturated heterocycles. The Bertz CT molecular complexity index is 969. The standard InChI is InChI=1S/C22H20ClFN2O3/c1-2-3-20-19(21(27)26(25-20)18-10-6-16(23)7-11-18)13-15(22(28)29)12-14-4-8-17(24)9-5-14/h4-12,19H,2-3,13H2,1H3,(H,28,29). The van der Waals surface area contributed by atoms with Crippen molar-refractivity contribution in [1.29, 1.82) is 0 Å². The summed E-state index contributed by atoms with van der Waals surface area (Å²) in [5.74, 6) is -2.46. The third-order valence-electron chi connectivity index (χ3n) is 4.62. The fraction of sp³-hybridized carbons (Fsp3) is 0.227. The van der Waals surface area contributed by atoms with E-state index in [1.807, 2.05) is 6.92 Å². The number of amides is 1. The fourth-order valence-electron chi connectivity index (χ4n) is 3.18. The van der Waals surface area contributed by atoms with Gasteiger partial charge in [-0.25, -0.2) is 14.2 Å². The minimum Gasteiger partial charge on any atom is -0.478 e. The topological polar surface area (TPSA) is 70.0 Å². The van der Waals surface area contributed by atoms with Crippen molar-refractivity contribution in [3.63, 3.8) is 0 Å². The van der Waals surface area contributed by atoms with Crippen LogP contribution in [0.3, 0.4) is 0 Å². The molecule has 7 heteroatoms. The van der Waals surface area contributed by atoms with Gasteiger partial charge in [0, 0.05) is 10.6 Å². The largest absolute Gasteiger partial charge is 0.478 e. The molecule has 2 aromatic carbocycles. The van der Waals surface area contributed by atoms with E-state index in [-0.39, 0.29) is 17.9 Å². The van der Waals surface area contributed by atoms with Gasteiger partial charge in [0.1, 0.15) is 5.82 Å². The number of halogens is 2. The van der Waals surface area contributed by atoms with Crippen LogP contribution in [0.5, 0.6) is 0 Å². The van der Waals surface area contributed by atoms with E-state index in [0.717, 1.165) is 6.42 Å². The van der Waals surface area contributed by atoms with Crippen LogP contribution in [-0.2, 0) is 9.59 Å². The van der Waals surface area contributed by atoms with E-state index in [0.29, 0.717) is 28.4 Å². The molecule has 1 amide bonds. The quantitative estimate of drug-likeness (QED) is 0.636. The Hall–Kier alpha value is -2.99. The summed E-state index contributed by atoms with van der Waals surface area (Å²) in [6.07, 6.45) is 2.84. The molecule has 1 aliphatic rings. The molecule has 0 radical (unpaired) electrons. The molecule has 5 nitrogen and oxygen atoms in total. The first kappa shape index (κ1) is 20.7. The van der Waals surface area contributed by atoms with Gasteiger partial charge in [-0.05, 0) is 60.9 Å². The highest BCUT2D eigenvalue weighted by Crippen LogP contribution is 2.30. The molecule has 2 aromatic rings. The normalized spacial score (nSPS) is 16.9. The lowest BCUT2D eigenvalue weighted by molar-refractivity contribution is -0.132. The maximum Gasteiger partial charge on any atom is 0.331 e. The minimum atomic E-state index is -1.12. The molecule has 0 aliphatic carbocycles. The average molecular weight is 415 g/mol.